The van der Waals surface area contributed by atoms with Crippen LogP contribution in [-0.4, -0.2) is 41.0 Å². The summed E-state index contributed by atoms with van der Waals surface area (Å²) < 4.78 is 26.0. The van der Waals surface area contributed by atoms with Gasteiger partial charge in [0.05, 0.1) is 6.10 Å². The molecule has 0 radical (unpaired) electrons. The number of aliphatic hydroxyl groups excluding tert-OH is 1. The van der Waals surface area contributed by atoms with Gasteiger partial charge in [0.25, 0.3) is 0 Å². The molecule has 5 heteroatoms. The van der Waals surface area contributed by atoms with Gasteiger partial charge in [0.2, 0.25) is 11.8 Å². The highest BCUT2D eigenvalue weighted by molar-refractivity contribution is 5.79. The number of nitrogens with zero attached hydrogens (tertiary/aromatic N) is 1. The van der Waals surface area contributed by atoms with Crippen molar-refractivity contribution in [3.63, 3.8) is 0 Å². The van der Waals surface area contributed by atoms with Gasteiger partial charge in [0.1, 0.15) is 0 Å². The van der Waals surface area contributed by atoms with E-state index in [9.17, 15) is 18.7 Å². The summed E-state index contributed by atoms with van der Waals surface area (Å²) in [6.45, 7) is 1.02. The SMILES string of the molecule is O=C(C1CCC(F)(F)CC1)N1CCCC(O)C1. The Labute approximate surface area is 99.8 Å². The van der Waals surface area contributed by atoms with Gasteiger partial charge in [-0.05, 0) is 25.7 Å². The number of halogens is 2. The lowest BCUT2D eigenvalue weighted by molar-refractivity contribution is -0.142. The highest BCUT2D eigenvalue weighted by Crippen LogP contribution is 2.37. The minimum atomic E-state index is -2.59. The van der Waals surface area contributed by atoms with E-state index in [0.717, 1.165) is 12.8 Å². The van der Waals surface area contributed by atoms with Gasteiger partial charge in [-0.3, -0.25) is 4.79 Å². The molecule has 2 rings (SSSR count). The minimum absolute atomic E-state index is 0.0424. The van der Waals surface area contributed by atoms with Gasteiger partial charge in [-0.15, -0.1) is 0 Å². The van der Waals surface area contributed by atoms with Gasteiger partial charge < -0.3 is 10.0 Å². The summed E-state index contributed by atoms with van der Waals surface area (Å²) in [5.41, 5.74) is 0. The van der Waals surface area contributed by atoms with Crippen LogP contribution in [-0.2, 0) is 4.79 Å². The molecule has 1 saturated carbocycles. The molecule has 1 aliphatic carbocycles. The molecule has 1 unspecified atom stereocenters. The Morgan fingerprint density at radius 1 is 1.24 bits per heavy atom. The Bertz CT molecular complexity index is 286. The van der Waals surface area contributed by atoms with Crippen molar-refractivity contribution in [1.82, 2.24) is 4.90 Å². The second-order valence-electron chi connectivity index (χ2n) is 5.21. The maximum absolute atomic E-state index is 13.0. The molecule has 0 aromatic heterocycles. The van der Waals surface area contributed by atoms with E-state index in [1.807, 2.05) is 0 Å². The fourth-order valence-corrected chi connectivity index (χ4v) is 2.70. The molecule has 1 atom stereocenters. The van der Waals surface area contributed by atoms with Gasteiger partial charge in [0.15, 0.2) is 0 Å². The molecule has 3 nitrogen and oxygen atoms in total. The summed E-state index contributed by atoms with van der Waals surface area (Å²) in [7, 11) is 0. The molecule has 98 valence electrons. The summed E-state index contributed by atoms with van der Waals surface area (Å²) in [5.74, 6) is -2.89. The smallest absolute Gasteiger partial charge is 0.248 e. The Morgan fingerprint density at radius 2 is 1.88 bits per heavy atom. The maximum atomic E-state index is 13.0. The first-order valence-electron chi connectivity index (χ1n) is 6.33. The van der Waals surface area contributed by atoms with Gasteiger partial charge in [-0.2, -0.15) is 0 Å². The first-order chi connectivity index (χ1) is 7.98. The molecule has 0 spiro atoms. The zero-order chi connectivity index (χ0) is 12.5. The van der Waals surface area contributed by atoms with E-state index in [2.05, 4.69) is 0 Å². The summed E-state index contributed by atoms with van der Waals surface area (Å²) in [5, 5.41) is 9.50. The summed E-state index contributed by atoms with van der Waals surface area (Å²) >= 11 is 0. The van der Waals surface area contributed by atoms with Crippen molar-refractivity contribution < 1.29 is 18.7 Å². The maximum Gasteiger partial charge on any atom is 0.248 e. The number of piperidine rings is 1. The third-order valence-corrected chi connectivity index (χ3v) is 3.77. The van der Waals surface area contributed by atoms with Crippen molar-refractivity contribution in [2.45, 2.75) is 50.6 Å². The predicted octanol–water partition coefficient (Wildman–Crippen LogP) is 1.80. The molecule has 1 heterocycles. The summed E-state index contributed by atoms with van der Waals surface area (Å²) in [6, 6.07) is 0. The molecule has 1 saturated heterocycles. The number of aliphatic hydroxyl groups is 1. The number of rotatable bonds is 1. The number of amides is 1. The predicted molar refractivity (Wildman–Crippen MR) is 58.7 cm³/mol. The topological polar surface area (TPSA) is 40.5 Å². The van der Waals surface area contributed by atoms with Crippen LogP contribution in [0.5, 0.6) is 0 Å². The van der Waals surface area contributed by atoms with Gasteiger partial charge in [-0.25, -0.2) is 8.78 Å². The monoisotopic (exact) mass is 247 g/mol. The molecule has 1 amide bonds. The van der Waals surface area contributed by atoms with Crippen LogP contribution in [0.3, 0.4) is 0 Å². The fraction of sp³-hybridized carbons (Fsp3) is 0.917. The fourth-order valence-electron chi connectivity index (χ4n) is 2.70. The third kappa shape index (κ3) is 3.15. The van der Waals surface area contributed by atoms with Crippen LogP contribution in [0.2, 0.25) is 0 Å². The summed E-state index contributed by atoms with van der Waals surface area (Å²) in [4.78, 5) is 13.7. The van der Waals surface area contributed by atoms with E-state index in [1.165, 1.54) is 0 Å². The second kappa shape index (κ2) is 4.88. The standard InChI is InChI=1S/C12H19F2NO2/c13-12(14)5-3-9(4-6-12)11(17)15-7-1-2-10(16)8-15/h9-10,16H,1-8H2. The van der Waals surface area contributed by atoms with Crippen LogP contribution < -0.4 is 0 Å². The van der Waals surface area contributed by atoms with E-state index in [-0.39, 0.29) is 37.5 Å². The molecule has 1 N–H and O–H groups in total. The van der Waals surface area contributed by atoms with Crippen LogP contribution >= 0.6 is 0 Å². The number of β-amino-alcohol motifs (C(OH)–C–C–N with tert-alkyl or cyclic N) is 1. The quantitative estimate of drug-likeness (QED) is 0.767. The van der Waals surface area contributed by atoms with E-state index in [0.29, 0.717) is 13.1 Å². The number of hydrogen-bond acceptors (Lipinski definition) is 2. The number of likely N-dealkylation sites (tertiary alicyclic amines) is 1. The second-order valence-corrected chi connectivity index (χ2v) is 5.21. The van der Waals surface area contributed by atoms with Crippen molar-refractivity contribution in [2.75, 3.05) is 13.1 Å². The van der Waals surface area contributed by atoms with Crippen molar-refractivity contribution in [2.24, 2.45) is 5.92 Å². The first kappa shape index (κ1) is 12.7. The zero-order valence-corrected chi connectivity index (χ0v) is 9.87. The van der Waals surface area contributed by atoms with Crippen molar-refractivity contribution in [3.05, 3.63) is 0 Å². The van der Waals surface area contributed by atoms with Crippen molar-refractivity contribution >= 4 is 5.91 Å². The number of alkyl halides is 2. The van der Waals surface area contributed by atoms with E-state index >= 15 is 0 Å². The van der Waals surface area contributed by atoms with Gasteiger partial charge in [0, 0.05) is 31.8 Å². The molecule has 0 aromatic rings. The largest absolute Gasteiger partial charge is 0.391 e. The highest BCUT2D eigenvalue weighted by atomic mass is 19.3. The molecule has 2 aliphatic rings. The molecule has 0 aromatic carbocycles. The number of carbonyl (C=O) groups is 1. The van der Waals surface area contributed by atoms with Crippen molar-refractivity contribution in [3.8, 4) is 0 Å². The van der Waals surface area contributed by atoms with Crippen LogP contribution in [0.25, 0.3) is 0 Å². The number of hydrogen-bond donors (Lipinski definition) is 1. The molecule has 17 heavy (non-hydrogen) atoms. The van der Waals surface area contributed by atoms with E-state index in [1.54, 1.807) is 4.90 Å². The van der Waals surface area contributed by atoms with Crippen LogP contribution in [0.15, 0.2) is 0 Å². The molecule has 1 aliphatic heterocycles. The average molecular weight is 247 g/mol. The number of carbonyl (C=O) groups excluding carboxylic acids is 1. The molecular formula is C12H19F2NO2. The normalized spacial score (nSPS) is 30.3. The van der Waals surface area contributed by atoms with Gasteiger partial charge in [-0.1, -0.05) is 0 Å². The minimum Gasteiger partial charge on any atom is -0.391 e. The Kier molecular flexibility index (Phi) is 3.66. The molecule has 0 bridgehead atoms. The zero-order valence-electron chi connectivity index (χ0n) is 9.87. The lowest BCUT2D eigenvalue weighted by Gasteiger charge is -2.35. The Morgan fingerprint density at radius 3 is 2.47 bits per heavy atom. The first-order valence-corrected chi connectivity index (χ1v) is 6.33. The van der Waals surface area contributed by atoms with Gasteiger partial charge >= 0.3 is 0 Å². The van der Waals surface area contributed by atoms with E-state index < -0.39 is 12.0 Å². The third-order valence-electron chi connectivity index (χ3n) is 3.77. The molecular weight excluding hydrogens is 228 g/mol. The van der Waals surface area contributed by atoms with Crippen LogP contribution in [0, 0.1) is 5.92 Å². The Hall–Kier alpha value is -0.710. The lowest BCUT2D eigenvalue weighted by Crippen LogP contribution is -2.46. The highest BCUT2D eigenvalue weighted by Gasteiger charge is 2.39. The van der Waals surface area contributed by atoms with Crippen LogP contribution in [0.4, 0.5) is 8.78 Å². The lowest BCUT2D eigenvalue weighted by atomic mass is 9.85. The van der Waals surface area contributed by atoms with E-state index in [4.69, 9.17) is 0 Å². The van der Waals surface area contributed by atoms with Crippen LogP contribution in [0.1, 0.15) is 38.5 Å². The average Bonchev–Trinajstić information content (AvgIpc) is 2.28. The Balaban J connectivity index is 1.88. The summed E-state index contributed by atoms with van der Waals surface area (Å²) in [6.07, 6.45) is 1.27. The van der Waals surface area contributed by atoms with Crippen molar-refractivity contribution in [1.29, 1.82) is 0 Å². The molecule has 2 fully saturated rings.